The molecule has 24 heavy (non-hydrogen) atoms. The molecule has 0 radical (unpaired) electrons. The van der Waals surface area contributed by atoms with E-state index in [-0.39, 0.29) is 11.8 Å². The van der Waals surface area contributed by atoms with Crippen LogP contribution in [0.4, 0.5) is 5.69 Å². The van der Waals surface area contributed by atoms with E-state index in [0.29, 0.717) is 18.1 Å². The van der Waals surface area contributed by atoms with Gasteiger partial charge in [0.05, 0.1) is 16.7 Å². The fourth-order valence-electron chi connectivity index (χ4n) is 2.47. The highest BCUT2D eigenvalue weighted by atomic mass is 32.1. The van der Waals surface area contributed by atoms with Gasteiger partial charge in [0.1, 0.15) is 0 Å². The van der Waals surface area contributed by atoms with E-state index in [4.69, 9.17) is 17.0 Å². The lowest BCUT2D eigenvalue weighted by Crippen LogP contribution is -2.37. The van der Waals surface area contributed by atoms with Crippen LogP contribution in [0.25, 0.3) is 0 Å². The van der Waals surface area contributed by atoms with E-state index in [1.54, 1.807) is 6.07 Å². The molecule has 0 aliphatic carbocycles. The number of nitrogens with zero attached hydrogens (tertiary/aromatic N) is 2. The van der Waals surface area contributed by atoms with Crippen molar-refractivity contribution in [3.63, 3.8) is 0 Å². The monoisotopic (exact) mass is 350 g/mol. The molecule has 0 bridgehead atoms. The maximum Gasteiger partial charge on any atom is 0.270 e. The minimum atomic E-state index is -0.408. The molecule has 0 aromatic heterocycles. The number of thiocarbonyl (C=S) groups is 1. The number of nitro groups is 1. The van der Waals surface area contributed by atoms with Gasteiger partial charge in [-0.05, 0) is 31.5 Å². The summed E-state index contributed by atoms with van der Waals surface area (Å²) in [5.74, 6) is 0. The molecule has 8 heteroatoms. The van der Waals surface area contributed by atoms with E-state index < -0.39 is 4.92 Å². The van der Waals surface area contributed by atoms with Crippen molar-refractivity contribution in [1.82, 2.24) is 10.7 Å². The smallest absolute Gasteiger partial charge is 0.270 e. The van der Waals surface area contributed by atoms with Crippen LogP contribution in [0.3, 0.4) is 0 Å². The molecule has 130 valence electrons. The number of hydrogen-bond acceptors (Lipinski definition) is 5. The molecule has 1 aromatic rings. The van der Waals surface area contributed by atoms with Crippen LogP contribution in [0.2, 0.25) is 0 Å². The van der Waals surface area contributed by atoms with Gasteiger partial charge in [0.15, 0.2) is 5.11 Å². The Hall–Kier alpha value is -2.06. The summed E-state index contributed by atoms with van der Waals surface area (Å²) in [5, 5.41) is 18.8. The average molecular weight is 350 g/mol. The highest BCUT2D eigenvalue weighted by Gasteiger charge is 2.15. The molecule has 1 aliphatic heterocycles. The lowest BCUT2D eigenvalue weighted by Gasteiger charge is -2.13. The summed E-state index contributed by atoms with van der Waals surface area (Å²) in [6.45, 7) is 3.49. The zero-order chi connectivity index (χ0) is 17.4. The highest BCUT2D eigenvalue weighted by molar-refractivity contribution is 7.80. The fraction of sp³-hybridized carbons (Fsp3) is 0.500. The molecule has 7 nitrogen and oxygen atoms in total. The molecule has 2 N–H and O–H groups in total. The van der Waals surface area contributed by atoms with Crippen molar-refractivity contribution in [1.29, 1.82) is 0 Å². The third-order valence-electron chi connectivity index (χ3n) is 3.68. The summed E-state index contributed by atoms with van der Waals surface area (Å²) in [7, 11) is 0. The van der Waals surface area contributed by atoms with Crippen LogP contribution < -0.4 is 10.7 Å². The Bertz CT molecular complexity index is 615. The van der Waals surface area contributed by atoms with Crippen LogP contribution in [0.5, 0.6) is 0 Å². The van der Waals surface area contributed by atoms with Gasteiger partial charge in [0.25, 0.3) is 5.69 Å². The molecule has 1 fully saturated rings. The van der Waals surface area contributed by atoms with E-state index in [2.05, 4.69) is 15.8 Å². The molecule has 0 spiro atoms. The summed E-state index contributed by atoms with van der Waals surface area (Å²) in [4.78, 5) is 10.5. The normalized spacial score (nSPS) is 17.5. The van der Waals surface area contributed by atoms with Crippen LogP contribution in [-0.2, 0) is 4.74 Å². The maximum absolute atomic E-state index is 10.9. The first-order chi connectivity index (χ1) is 11.6. The predicted octanol–water partition coefficient (Wildman–Crippen LogP) is 2.74. The van der Waals surface area contributed by atoms with Crippen molar-refractivity contribution in [3.05, 3.63) is 39.9 Å². The Balaban J connectivity index is 1.97. The first-order valence-corrected chi connectivity index (χ1v) is 8.47. The summed E-state index contributed by atoms with van der Waals surface area (Å²) < 4.78 is 5.52. The van der Waals surface area contributed by atoms with Crippen molar-refractivity contribution in [2.45, 2.75) is 38.7 Å². The molecule has 1 saturated heterocycles. The topological polar surface area (TPSA) is 88.8 Å². The zero-order valence-corrected chi connectivity index (χ0v) is 14.5. The second kappa shape index (κ2) is 9.29. The first-order valence-electron chi connectivity index (χ1n) is 8.07. The Morgan fingerprint density at radius 3 is 3.04 bits per heavy atom. The Morgan fingerprint density at radius 2 is 2.38 bits per heavy atom. The molecule has 2 rings (SSSR count). The summed E-state index contributed by atoms with van der Waals surface area (Å²) >= 11 is 5.22. The Kier molecular flexibility index (Phi) is 7.07. The van der Waals surface area contributed by atoms with E-state index >= 15 is 0 Å². The third kappa shape index (κ3) is 5.54. The summed E-state index contributed by atoms with van der Waals surface area (Å²) in [6.07, 6.45) is 3.88. The number of ether oxygens (including phenoxy) is 1. The Morgan fingerprint density at radius 1 is 1.54 bits per heavy atom. The van der Waals surface area contributed by atoms with Gasteiger partial charge in [0, 0.05) is 30.8 Å². The van der Waals surface area contributed by atoms with Gasteiger partial charge in [-0.25, -0.2) is 0 Å². The Labute approximate surface area is 146 Å². The number of non-ortho nitro benzene ring substituents is 1. The molecule has 0 amide bonds. The van der Waals surface area contributed by atoms with Crippen LogP contribution in [-0.4, -0.2) is 35.0 Å². The van der Waals surface area contributed by atoms with E-state index in [0.717, 1.165) is 37.1 Å². The van der Waals surface area contributed by atoms with Crippen LogP contribution >= 0.6 is 12.2 Å². The lowest BCUT2D eigenvalue weighted by atomic mass is 10.1. The van der Waals surface area contributed by atoms with Crippen LogP contribution in [0.1, 0.15) is 38.2 Å². The van der Waals surface area contributed by atoms with Gasteiger partial charge >= 0.3 is 0 Å². The molecular formula is C16H22N4O3S. The second-order valence-electron chi connectivity index (χ2n) is 5.57. The van der Waals surface area contributed by atoms with Gasteiger partial charge < -0.3 is 10.1 Å². The number of nitrogens with one attached hydrogen (secondary N) is 2. The van der Waals surface area contributed by atoms with E-state index in [1.165, 1.54) is 12.1 Å². The quantitative estimate of drug-likeness (QED) is 0.340. The molecule has 0 unspecified atom stereocenters. The van der Waals surface area contributed by atoms with Crippen molar-refractivity contribution < 1.29 is 9.66 Å². The van der Waals surface area contributed by atoms with Crippen molar-refractivity contribution >= 4 is 28.7 Å². The van der Waals surface area contributed by atoms with Gasteiger partial charge in [-0.3, -0.25) is 15.5 Å². The number of hydrogen-bond donors (Lipinski definition) is 2. The summed E-state index contributed by atoms with van der Waals surface area (Å²) in [5.41, 5.74) is 4.33. The minimum Gasteiger partial charge on any atom is -0.376 e. The minimum absolute atomic E-state index is 0.0513. The maximum atomic E-state index is 10.9. The van der Waals surface area contributed by atoms with Gasteiger partial charge in [-0.2, -0.15) is 5.10 Å². The zero-order valence-electron chi connectivity index (χ0n) is 13.7. The fourth-order valence-corrected chi connectivity index (χ4v) is 2.60. The first kappa shape index (κ1) is 18.3. The number of nitro benzene ring substituents is 1. The molecule has 1 heterocycles. The number of hydrazone groups is 1. The number of rotatable bonds is 7. The van der Waals surface area contributed by atoms with Gasteiger partial charge in [-0.1, -0.05) is 25.5 Å². The van der Waals surface area contributed by atoms with Gasteiger partial charge in [-0.15, -0.1) is 0 Å². The molecule has 1 aliphatic rings. The average Bonchev–Trinajstić information content (AvgIpc) is 3.10. The second-order valence-corrected chi connectivity index (χ2v) is 5.98. The standard InChI is InChI=1S/C16H22N4O3S/c1-2-5-15(12-6-3-7-13(10-12)20(21)22)18-19-16(24)17-11-14-8-4-9-23-14/h3,6-7,10,14H,2,4-5,8-9,11H2,1H3,(H2,17,19,24)/b18-15-/t14-/m0/s1. The lowest BCUT2D eigenvalue weighted by molar-refractivity contribution is -0.384. The van der Waals surface area contributed by atoms with E-state index in [1.807, 2.05) is 13.0 Å². The molecule has 0 saturated carbocycles. The molecule has 1 atom stereocenters. The largest absolute Gasteiger partial charge is 0.376 e. The number of benzene rings is 1. The highest BCUT2D eigenvalue weighted by Crippen LogP contribution is 2.15. The third-order valence-corrected chi connectivity index (χ3v) is 3.92. The summed E-state index contributed by atoms with van der Waals surface area (Å²) in [6, 6.07) is 6.46. The predicted molar refractivity (Wildman–Crippen MR) is 97.3 cm³/mol. The van der Waals surface area contributed by atoms with Crippen molar-refractivity contribution in [3.8, 4) is 0 Å². The molecule has 1 aromatic carbocycles. The van der Waals surface area contributed by atoms with Crippen molar-refractivity contribution in [2.75, 3.05) is 13.2 Å². The van der Waals surface area contributed by atoms with Crippen molar-refractivity contribution in [2.24, 2.45) is 5.10 Å². The van der Waals surface area contributed by atoms with Crippen LogP contribution in [0.15, 0.2) is 29.4 Å². The SMILES string of the molecule is CCC/C(=N/NC(=S)NC[C@@H]1CCCO1)c1cccc([N+](=O)[O-])c1. The van der Waals surface area contributed by atoms with E-state index in [9.17, 15) is 10.1 Å². The molecular weight excluding hydrogens is 328 g/mol. The van der Waals surface area contributed by atoms with Gasteiger partial charge in [0.2, 0.25) is 0 Å². The van der Waals surface area contributed by atoms with Crippen LogP contribution in [0, 0.1) is 10.1 Å².